The average molecular weight is 362 g/mol. The second kappa shape index (κ2) is 6.71. The van der Waals surface area contributed by atoms with Crippen LogP contribution in [0.2, 0.25) is 0 Å². The van der Waals surface area contributed by atoms with E-state index in [1.807, 2.05) is 19.3 Å². The van der Waals surface area contributed by atoms with Crippen LogP contribution in [-0.2, 0) is 13.5 Å². The van der Waals surface area contributed by atoms with Crippen molar-refractivity contribution >= 4 is 28.6 Å². The van der Waals surface area contributed by atoms with E-state index in [9.17, 15) is 0 Å². The first kappa shape index (κ1) is 17.0. The molecule has 0 saturated heterocycles. The fourth-order valence-corrected chi connectivity index (χ4v) is 3.50. The van der Waals surface area contributed by atoms with Gasteiger partial charge in [0, 0.05) is 13.2 Å². The number of hydrogen-bond donors (Lipinski definition) is 3. The maximum atomic E-state index is 4.68. The lowest BCUT2D eigenvalue weighted by Gasteiger charge is -2.16. The number of hydrogen-bond acceptors (Lipinski definition) is 6. The smallest absolute Gasteiger partial charge is 0.232 e. The highest BCUT2D eigenvalue weighted by atomic mass is 15.4. The summed E-state index contributed by atoms with van der Waals surface area (Å²) < 4.78 is 1.63. The molecular weight excluding hydrogens is 340 g/mol. The third-order valence-electron chi connectivity index (χ3n) is 4.70. The van der Waals surface area contributed by atoms with Gasteiger partial charge in [-0.15, -0.1) is 5.10 Å². The second-order valence-corrected chi connectivity index (χ2v) is 6.47. The van der Waals surface area contributed by atoms with E-state index in [0.717, 1.165) is 29.7 Å². The standard InChI is InChI=1S/C18H18N8.CH4/c1-26-10-15(24-25-26)21-18-22-16-13(8-9-19-16)17(23-18)20-14-7-6-11-4-2-3-5-12(11)14;/h2-5,8-10,14H,6-7H2,1H3,(H3,19,20,21,22,23);1H4/t14-;/m0./s1. The number of rotatable bonds is 4. The minimum atomic E-state index is 0. The summed E-state index contributed by atoms with van der Waals surface area (Å²) in [5.41, 5.74) is 3.53. The highest BCUT2D eigenvalue weighted by Gasteiger charge is 2.23. The van der Waals surface area contributed by atoms with Crippen LogP contribution in [0, 0.1) is 0 Å². The average Bonchev–Trinajstić information content (AvgIpc) is 3.36. The quantitative estimate of drug-likeness (QED) is 0.514. The zero-order valence-electron chi connectivity index (χ0n) is 14.3. The lowest BCUT2D eigenvalue weighted by atomic mass is 10.1. The van der Waals surface area contributed by atoms with Crippen molar-refractivity contribution in [2.75, 3.05) is 10.6 Å². The van der Waals surface area contributed by atoms with E-state index >= 15 is 0 Å². The van der Waals surface area contributed by atoms with Crippen molar-refractivity contribution in [3.05, 3.63) is 53.9 Å². The molecular formula is C19H22N8. The van der Waals surface area contributed by atoms with Gasteiger partial charge < -0.3 is 15.6 Å². The number of anilines is 3. The van der Waals surface area contributed by atoms with Gasteiger partial charge in [0.05, 0.1) is 17.6 Å². The van der Waals surface area contributed by atoms with E-state index in [0.29, 0.717) is 11.8 Å². The van der Waals surface area contributed by atoms with Crippen LogP contribution in [0.25, 0.3) is 11.0 Å². The van der Waals surface area contributed by atoms with Gasteiger partial charge in [0.1, 0.15) is 11.5 Å². The highest BCUT2D eigenvalue weighted by Crippen LogP contribution is 2.35. The Bertz CT molecular complexity index is 1080. The number of fused-ring (bicyclic) bond motifs is 2. The molecule has 8 heteroatoms. The van der Waals surface area contributed by atoms with Gasteiger partial charge in [-0.2, -0.15) is 9.97 Å². The summed E-state index contributed by atoms with van der Waals surface area (Å²) in [6.45, 7) is 0. The van der Waals surface area contributed by atoms with Crippen molar-refractivity contribution < 1.29 is 0 Å². The molecule has 1 aliphatic rings. The van der Waals surface area contributed by atoms with E-state index < -0.39 is 0 Å². The zero-order chi connectivity index (χ0) is 17.5. The van der Waals surface area contributed by atoms with Crippen LogP contribution in [0.1, 0.15) is 31.0 Å². The van der Waals surface area contributed by atoms with Gasteiger partial charge in [-0.3, -0.25) is 4.68 Å². The molecule has 0 unspecified atom stereocenters. The lowest BCUT2D eigenvalue weighted by molar-refractivity contribution is 0.715. The van der Waals surface area contributed by atoms with Gasteiger partial charge in [0.15, 0.2) is 5.82 Å². The number of aromatic amines is 1. The summed E-state index contributed by atoms with van der Waals surface area (Å²) in [4.78, 5) is 12.4. The third-order valence-corrected chi connectivity index (χ3v) is 4.70. The van der Waals surface area contributed by atoms with Crippen molar-refractivity contribution in [2.24, 2.45) is 7.05 Å². The van der Waals surface area contributed by atoms with Crippen LogP contribution in [0.15, 0.2) is 42.7 Å². The molecule has 1 aliphatic carbocycles. The summed E-state index contributed by atoms with van der Waals surface area (Å²) in [6, 6.07) is 10.8. The molecule has 3 N–H and O–H groups in total. The molecule has 0 aliphatic heterocycles. The lowest BCUT2D eigenvalue weighted by Crippen LogP contribution is -2.10. The Balaban J connectivity index is 0.00000180. The van der Waals surface area contributed by atoms with Crippen LogP contribution in [0.5, 0.6) is 0 Å². The zero-order valence-corrected chi connectivity index (χ0v) is 14.3. The summed E-state index contributed by atoms with van der Waals surface area (Å²) in [5.74, 6) is 1.90. The van der Waals surface area contributed by atoms with E-state index in [1.54, 1.807) is 10.9 Å². The normalized spacial score (nSPS) is 15.4. The Morgan fingerprint density at radius 2 is 2.07 bits per heavy atom. The predicted octanol–water partition coefficient (Wildman–Crippen LogP) is 3.57. The van der Waals surface area contributed by atoms with Gasteiger partial charge in [-0.1, -0.05) is 36.9 Å². The Kier molecular flexibility index (Phi) is 4.23. The van der Waals surface area contributed by atoms with Crippen molar-refractivity contribution in [3.63, 3.8) is 0 Å². The van der Waals surface area contributed by atoms with E-state index in [1.165, 1.54) is 11.1 Å². The number of aromatic nitrogens is 6. The number of nitrogens with one attached hydrogen (secondary N) is 3. The molecule has 0 amide bonds. The van der Waals surface area contributed by atoms with Crippen LogP contribution in [0.4, 0.5) is 17.6 Å². The number of H-pyrrole nitrogens is 1. The van der Waals surface area contributed by atoms with Gasteiger partial charge in [-0.05, 0) is 30.0 Å². The van der Waals surface area contributed by atoms with E-state index in [4.69, 9.17) is 0 Å². The van der Waals surface area contributed by atoms with Gasteiger partial charge >= 0.3 is 0 Å². The molecule has 138 valence electrons. The fourth-order valence-electron chi connectivity index (χ4n) is 3.50. The molecule has 0 radical (unpaired) electrons. The summed E-state index contributed by atoms with van der Waals surface area (Å²) in [7, 11) is 1.82. The van der Waals surface area contributed by atoms with Crippen LogP contribution >= 0.6 is 0 Å². The minimum absolute atomic E-state index is 0. The summed E-state index contributed by atoms with van der Waals surface area (Å²) >= 11 is 0. The van der Waals surface area contributed by atoms with Crippen LogP contribution < -0.4 is 10.6 Å². The first-order chi connectivity index (χ1) is 12.8. The number of nitrogens with zero attached hydrogens (tertiary/aromatic N) is 5. The second-order valence-electron chi connectivity index (χ2n) is 6.47. The fraction of sp³-hybridized carbons (Fsp3) is 0.263. The first-order valence-corrected chi connectivity index (χ1v) is 8.59. The van der Waals surface area contributed by atoms with Crippen molar-refractivity contribution in [1.29, 1.82) is 0 Å². The SMILES string of the molecule is C.Cn1cc(Nc2nc(N[C@H]3CCc4ccccc43)c3cc[nH]c3n2)nn1. The largest absolute Gasteiger partial charge is 0.363 e. The Hall–Kier alpha value is -3.42. The van der Waals surface area contributed by atoms with E-state index in [2.05, 4.69) is 60.2 Å². The maximum Gasteiger partial charge on any atom is 0.232 e. The summed E-state index contributed by atoms with van der Waals surface area (Å²) in [6.07, 6.45) is 5.80. The number of benzene rings is 1. The molecule has 3 heterocycles. The molecule has 0 fully saturated rings. The molecule has 5 rings (SSSR count). The monoisotopic (exact) mass is 362 g/mol. The Labute approximate surface area is 157 Å². The topological polar surface area (TPSA) is 96.3 Å². The van der Waals surface area contributed by atoms with Gasteiger partial charge in [0.25, 0.3) is 0 Å². The predicted molar refractivity (Wildman–Crippen MR) is 106 cm³/mol. The van der Waals surface area contributed by atoms with Gasteiger partial charge in [-0.25, -0.2) is 0 Å². The molecule has 27 heavy (non-hydrogen) atoms. The maximum absolute atomic E-state index is 4.68. The molecule has 0 bridgehead atoms. The Morgan fingerprint density at radius 3 is 2.93 bits per heavy atom. The van der Waals surface area contributed by atoms with Crippen LogP contribution in [-0.4, -0.2) is 29.9 Å². The minimum Gasteiger partial charge on any atom is -0.363 e. The molecule has 1 aromatic carbocycles. The molecule has 0 saturated carbocycles. The first-order valence-electron chi connectivity index (χ1n) is 8.59. The highest BCUT2D eigenvalue weighted by molar-refractivity contribution is 5.88. The Morgan fingerprint density at radius 1 is 1.19 bits per heavy atom. The van der Waals surface area contributed by atoms with Crippen molar-refractivity contribution in [1.82, 2.24) is 29.9 Å². The molecule has 4 aromatic rings. The van der Waals surface area contributed by atoms with Crippen molar-refractivity contribution in [3.8, 4) is 0 Å². The molecule has 1 atom stereocenters. The molecule has 0 spiro atoms. The summed E-state index contributed by atoms with van der Waals surface area (Å²) in [5, 5.41) is 15.6. The third kappa shape index (κ3) is 3.10. The molecule has 3 aromatic heterocycles. The van der Waals surface area contributed by atoms with Gasteiger partial charge in [0.2, 0.25) is 5.95 Å². The van der Waals surface area contributed by atoms with E-state index in [-0.39, 0.29) is 13.5 Å². The molecule has 8 nitrogen and oxygen atoms in total. The van der Waals surface area contributed by atoms with Crippen LogP contribution in [0.3, 0.4) is 0 Å². The van der Waals surface area contributed by atoms with Crippen molar-refractivity contribution in [2.45, 2.75) is 26.3 Å². The number of aryl methyl sites for hydroxylation is 2.